The average molecular weight is 168 g/mol. The minimum atomic E-state index is -0.361. The van der Waals surface area contributed by atoms with Crippen molar-refractivity contribution < 1.29 is 9.53 Å². The Balaban J connectivity index is 1.92. The number of hydrogen-bond acceptors (Lipinski definition) is 4. The number of nitrogens with zero attached hydrogens (tertiary/aromatic N) is 3. The summed E-state index contributed by atoms with van der Waals surface area (Å²) in [5, 5.41) is 6.45. The molecule has 0 radical (unpaired) electrons. The van der Waals surface area contributed by atoms with E-state index in [-0.39, 0.29) is 12.2 Å². The minimum absolute atomic E-state index is 0.126. The van der Waals surface area contributed by atoms with Crippen molar-refractivity contribution in [3.05, 3.63) is 12.7 Å². The molecule has 1 aromatic rings. The highest BCUT2D eigenvalue weighted by molar-refractivity contribution is 5.69. The van der Waals surface area contributed by atoms with Gasteiger partial charge in [0.15, 0.2) is 0 Å². The lowest BCUT2D eigenvalue weighted by Crippen LogP contribution is -2.20. The first-order valence-electron chi connectivity index (χ1n) is 3.61. The van der Waals surface area contributed by atoms with Crippen LogP contribution in [-0.2, 0) is 11.3 Å². The highest BCUT2D eigenvalue weighted by atomic mass is 16.6. The van der Waals surface area contributed by atoms with Crippen molar-refractivity contribution in [3.8, 4) is 0 Å². The maximum atomic E-state index is 10.6. The molecule has 1 atom stereocenters. The third kappa shape index (κ3) is 1.36. The average Bonchev–Trinajstić information content (AvgIpc) is 2.63. The summed E-state index contributed by atoms with van der Waals surface area (Å²) >= 11 is 0. The van der Waals surface area contributed by atoms with E-state index in [4.69, 9.17) is 4.74 Å². The lowest BCUT2D eigenvalue weighted by molar-refractivity contribution is 0.128. The molecule has 6 heteroatoms. The highest BCUT2D eigenvalue weighted by Crippen LogP contribution is 2.01. The topological polar surface area (TPSA) is 69.0 Å². The number of cyclic esters (lactones) is 1. The second-order valence-electron chi connectivity index (χ2n) is 2.53. The first-order chi connectivity index (χ1) is 5.84. The monoisotopic (exact) mass is 168 g/mol. The Hall–Kier alpha value is -1.59. The Morgan fingerprint density at radius 3 is 3.33 bits per heavy atom. The van der Waals surface area contributed by atoms with Gasteiger partial charge in [-0.05, 0) is 0 Å². The van der Waals surface area contributed by atoms with E-state index in [0.717, 1.165) is 0 Å². The van der Waals surface area contributed by atoms with Crippen LogP contribution in [0.1, 0.15) is 0 Å². The van der Waals surface area contributed by atoms with Gasteiger partial charge in [0, 0.05) is 0 Å². The Bertz CT molecular complexity index is 271. The maximum Gasteiger partial charge on any atom is 0.407 e. The summed E-state index contributed by atoms with van der Waals surface area (Å²) in [4.78, 5) is 14.4. The predicted octanol–water partition coefficient (Wildman–Crippen LogP) is -0.614. The molecule has 1 aromatic heterocycles. The maximum absolute atomic E-state index is 10.6. The molecule has 6 nitrogen and oxygen atoms in total. The number of ether oxygens (including phenoxy) is 1. The van der Waals surface area contributed by atoms with Crippen molar-refractivity contribution in [2.45, 2.75) is 12.6 Å². The normalized spacial score (nSPS) is 22.0. The van der Waals surface area contributed by atoms with Crippen LogP contribution >= 0.6 is 0 Å². The van der Waals surface area contributed by atoms with Crippen LogP contribution in [-0.4, -0.2) is 33.5 Å². The van der Waals surface area contributed by atoms with Gasteiger partial charge in [-0.2, -0.15) is 5.10 Å². The zero-order chi connectivity index (χ0) is 8.39. The molecule has 0 spiro atoms. The molecule has 1 unspecified atom stereocenters. The summed E-state index contributed by atoms with van der Waals surface area (Å²) < 4.78 is 6.53. The quantitative estimate of drug-likeness (QED) is 0.639. The van der Waals surface area contributed by atoms with Gasteiger partial charge in [0.25, 0.3) is 0 Å². The molecular weight excluding hydrogens is 160 g/mol. The van der Waals surface area contributed by atoms with Gasteiger partial charge in [-0.1, -0.05) is 0 Å². The van der Waals surface area contributed by atoms with E-state index in [1.165, 1.54) is 6.33 Å². The summed E-state index contributed by atoms with van der Waals surface area (Å²) in [5.74, 6) is 0. The smallest absolute Gasteiger partial charge is 0.407 e. The van der Waals surface area contributed by atoms with E-state index >= 15 is 0 Å². The predicted molar refractivity (Wildman–Crippen MR) is 38.3 cm³/mol. The summed E-state index contributed by atoms with van der Waals surface area (Å²) in [5.41, 5.74) is 0. The second-order valence-corrected chi connectivity index (χ2v) is 2.53. The van der Waals surface area contributed by atoms with Crippen molar-refractivity contribution in [1.29, 1.82) is 0 Å². The molecule has 2 heterocycles. The molecule has 1 amide bonds. The van der Waals surface area contributed by atoms with Crippen LogP contribution < -0.4 is 5.32 Å². The van der Waals surface area contributed by atoms with Gasteiger partial charge in [-0.25, -0.2) is 14.5 Å². The largest absolute Gasteiger partial charge is 0.442 e. The number of aromatic nitrogens is 3. The number of nitrogens with one attached hydrogen (secondary N) is 1. The van der Waals surface area contributed by atoms with Crippen molar-refractivity contribution in [3.63, 3.8) is 0 Å². The summed E-state index contributed by atoms with van der Waals surface area (Å²) in [6.07, 6.45) is 2.55. The van der Waals surface area contributed by atoms with Crippen LogP contribution in [0, 0.1) is 0 Å². The molecule has 1 aliphatic heterocycles. The fraction of sp³-hybridized carbons (Fsp3) is 0.500. The molecule has 0 saturated carbocycles. The van der Waals surface area contributed by atoms with Crippen LogP contribution in [0.25, 0.3) is 0 Å². The fourth-order valence-electron chi connectivity index (χ4n) is 1.07. The molecule has 1 saturated heterocycles. The van der Waals surface area contributed by atoms with E-state index in [9.17, 15) is 4.79 Å². The summed E-state index contributed by atoms with van der Waals surface area (Å²) in [6.45, 7) is 1.09. The number of rotatable bonds is 2. The molecule has 1 aliphatic rings. The molecule has 1 N–H and O–H groups in total. The van der Waals surface area contributed by atoms with Crippen molar-refractivity contribution in [1.82, 2.24) is 20.1 Å². The van der Waals surface area contributed by atoms with E-state index in [1.807, 2.05) is 0 Å². The van der Waals surface area contributed by atoms with Crippen LogP contribution in [0.2, 0.25) is 0 Å². The summed E-state index contributed by atoms with van der Waals surface area (Å²) in [6, 6.07) is 0. The molecule has 64 valence electrons. The second kappa shape index (κ2) is 2.80. The number of carbonyl (C=O) groups is 1. The molecular formula is C6H8N4O2. The zero-order valence-electron chi connectivity index (χ0n) is 6.30. The van der Waals surface area contributed by atoms with Crippen LogP contribution in [0.15, 0.2) is 12.7 Å². The molecule has 0 aromatic carbocycles. The first-order valence-corrected chi connectivity index (χ1v) is 3.61. The highest BCUT2D eigenvalue weighted by Gasteiger charge is 2.22. The lowest BCUT2D eigenvalue weighted by Gasteiger charge is -2.05. The third-order valence-corrected chi connectivity index (χ3v) is 1.61. The molecule has 12 heavy (non-hydrogen) atoms. The minimum Gasteiger partial charge on any atom is -0.442 e. The van der Waals surface area contributed by atoms with E-state index in [1.54, 1.807) is 11.0 Å². The Kier molecular flexibility index (Phi) is 1.65. The van der Waals surface area contributed by atoms with Crippen molar-refractivity contribution in [2.24, 2.45) is 0 Å². The molecule has 0 bridgehead atoms. The number of amides is 1. The van der Waals surface area contributed by atoms with Crippen molar-refractivity contribution in [2.75, 3.05) is 6.54 Å². The number of alkyl carbamates (subject to hydrolysis) is 1. The Morgan fingerprint density at radius 2 is 2.75 bits per heavy atom. The standard InChI is InChI=1S/C6H8N4O2/c11-6-8-1-5(12-6)2-10-4-7-3-9-10/h3-5H,1-2H2,(H,8,11). The molecule has 1 fully saturated rings. The van der Waals surface area contributed by atoms with Crippen LogP contribution in [0.3, 0.4) is 0 Å². The Labute approximate surface area is 68.5 Å². The van der Waals surface area contributed by atoms with Gasteiger partial charge in [-0.15, -0.1) is 0 Å². The van der Waals surface area contributed by atoms with E-state index in [2.05, 4.69) is 15.4 Å². The summed E-state index contributed by atoms with van der Waals surface area (Å²) in [7, 11) is 0. The SMILES string of the molecule is O=C1NCC(Cn2cncn2)O1. The molecule has 0 aliphatic carbocycles. The van der Waals surface area contributed by atoms with E-state index in [0.29, 0.717) is 13.1 Å². The van der Waals surface area contributed by atoms with Gasteiger partial charge in [-0.3, -0.25) is 0 Å². The van der Waals surface area contributed by atoms with Crippen molar-refractivity contribution >= 4 is 6.09 Å². The van der Waals surface area contributed by atoms with Crippen LogP contribution in [0.4, 0.5) is 4.79 Å². The van der Waals surface area contributed by atoms with Gasteiger partial charge < -0.3 is 10.1 Å². The van der Waals surface area contributed by atoms with Gasteiger partial charge in [0.1, 0.15) is 18.8 Å². The Morgan fingerprint density at radius 1 is 1.83 bits per heavy atom. The first kappa shape index (κ1) is 7.08. The van der Waals surface area contributed by atoms with E-state index < -0.39 is 0 Å². The third-order valence-electron chi connectivity index (χ3n) is 1.61. The van der Waals surface area contributed by atoms with Gasteiger partial charge >= 0.3 is 6.09 Å². The zero-order valence-corrected chi connectivity index (χ0v) is 6.30. The van der Waals surface area contributed by atoms with Gasteiger partial charge in [0.2, 0.25) is 0 Å². The molecule has 2 rings (SSSR count). The lowest BCUT2D eigenvalue weighted by atomic mass is 10.4. The fourth-order valence-corrected chi connectivity index (χ4v) is 1.07. The number of carbonyl (C=O) groups excluding carboxylic acids is 1. The van der Waals surface area contributed by atoms with Gasteiger partial charge in [0.05, 0.1) is 13.1 Å². The van der Waals surface area contributed by atoms with Crippen LogP contribution in [0.5, 0.6) is 0 Å². The number of hydrogen-bond donors (Lipinski definition) is 1.